The summed E-state index contributed by atoms with van der Waals surface area (Å²) >= 11 is 0. The van der Waals surface area contributed by atoms with Gasteiger partial charge < -0.3 is 15.0 Å². The summed E-state index contributed by atoms with van der Waals surface area (Å²) in [4.78, 5) is 34.7. The fourth-order valence-corrected chi connectivity index (χ4v) is 3.94. The van der Waals surface area contributed by atoms with Crippen molar-refractivity contribution in [2.45, 2.75) is 18.9 Å². The van der Waals surface area contributed by atoms with Crippen molar-refractivity contribution in [3.63, 3.8) is 0 Å². The quantitative estimate of drug-likeness (QED) is 0.304. The first-order valence-corrected chi connectivity index (χ1v) is 11.0. The lowest BCUT2D eigenvalue weighted by molar-refractivity contribution is -0.384. The van der Waals surface area contributed by atoms with Crippen LogP contribution in [-0.2, 0) is 0 Å². The number of carbonyl (C=O) groups excluding carboxylic acids is 1. The van der Waals surface area contributed by atoms with E-state index < -0.39 is 16.6 Å². The fraction of sp³-hybridized carbons (Fsp3) is 0.240. The lowest BCUT2D eigenvalue weighted by Gasteiger charge is -2.20. The first-order valence-electron chi connectivity index (χ1n) is 11.0. The van der Waals surface area contributed by atoms with Crippen LogP contribution in [0.5, 0.6) is 5.75 Å². The summed E-state index contributed by atoms with van der Waals surface area (Å²) in [7, 11) is 2.82. The second-order valence-corrected chi connectivity index (χ2v) is 8.05. The Balaban J connectivity index is 1.86. The molecule has 1 unspecified atom stereocenters. The lowest BCUT2D eigenvalue weighted by atomic mass is 9.98. The lowest BCUT2D eigenvalue weighted by Crippen LogP contribution is -2.27. The number of pyridine rings is 1. The monoisotopic (exact) mass is 477 g/mol. The summed E-state index contributed by atoms with van der Waals surface area (Å²) in [6, 6.07) is 10.1. The van der Waals surface area contributed by atoms with Crippen LogP contribution in [0.4, 0.5) is 21.5 Å². The van der Waals surface area contributed by atoms with Gasteiger partial charge in [0.05, 0.1) is 23.3 Å². The Hall–Kier alpha value is -4.18. The molecule has 4 rings (SSSR count). The van der Waals surface area contributed by atoms with Crippen molar-refractivity contribution in [3.8, 4) is 16.9 Å². The Bertz CT molecular complexity index is 1280. The minimum atomic E-state index is -0.633. The zero-order valence-electron chi connectivity index (χ0n) is 19.3. The molecule has 1 aliphatic rings. The zero-order valence-corrected chi connectivity index (χ0v) is 19.3. The van der Waals surface area contributed by atoms with E-state index in [4.69, 9.17) is 4.74 Å². The Kier molecular flexibility index (Phi) is 7.11. The molecule has 1 saturated heterocycles. The largest absolute Gasteiger partial charge is 0.494 e. The second kappa shape index (κ2) is 10.4. The van der Waals surface area contributed by atoms with Gasteiger partial charge in [-0.25, -0.2) is 4.39 Å². The number of amides is 1. The number of halogens is 1. The van der Waals surface area contributed by atoms with E-state index in [1.54, 1.807) is 30.7 Å². The number of aliphatic imine (C=N–C) groups is 1. The number of rotatable bonds is 7. The summed E-state index contributed by atoms with van der Waals surface area (Å²) in [5.41, 5.74) is 1.38. The highest BCUT2D eigenvalue weighted by atomic mass is 19.1. The van der Waals surface area contributed by atoms with Crippen LogP contribution in [0.15, 0.2) is 59.9 Å². The molecule has 10 heteroatoms. The van der Waals surface area contributed by atoms with Crippen molar-refractivity contribution in [1.82, 2.24) is 10.3 Å². The summed E-state index contributed by atoms with van der Waals surface area (Å²) in [6.45, 7) is 0.867. The standard InChI is InChI=1S/C25H24FN5O4/c1-30(18-5-6-23(35-2)22(26)14-18)25(32)21-13-19(31(33)34)12-20(16-7-10-27-11-8-16)24(21)29-15-17-4-3-9-28-17/h5-8,10-15,17,28H,3-4,9H2,1-2H3/b29-15+. The Morgan fingerprint density at radius 1 is 1.29 bits per heavy atom. The number of hydrogen-bond acceptors (Lipinski definition) is 7. The summed E-state index contributed by atoms with van der Waals surface area (Å²) in [5.74, 6) is -1.16. The van der Waals surface area contributed by atoms with E-state index >= 15 is 0 Å². The summed E-state index contributed by atoms with van der Waals surface area (Å²) < 4.78 is 19.3. The Morgan fingerprint density at radius 3 is 2.69 bits per heavy atom. The van der Waals surface area contributed by atoms with Crippen LogP contribution in [0.2, 0.25) is 0 Å². The first kappa shape index (κ1) is 24.0. The number of anilines is 1. The average Bonchev–Trinajstić information content (AvgIpc) is 3.40. The number of nitrogens with one attached hydrogen (secondary N) is 1. The molecule has 0 bridgehead atoms. The Morgan fingerprint density at radius 2 is 2.06 bits per heavy atom. The van der Waals surface area contributed by atoms with Gasteiger partial charge in [-0.05, 0) is 49.2 Å². The number of ether oxygens (including phenoxy) is 1. The SMILES string of the molecule is COc1ccc(N(C)C(=O)c2cc([N+](=O)[O-])cc(-c3ccncc3)c2/N=C/C2CCCN2)cc1F. The maximum Gasteiger partial charge on any atom is 0.271 e. The predicted molar refractivity (Wildman–Crippen MR) is 131 cm³/mol. The molecule has 0 radical (unpaired) electrons. The van der Waals surface area contributed by atoms with E-state index in [1.165, 1.54) is 49.4 Å². The highest BCUT2D eigenvalue weighted by molar-refractivity contribution is 6.11. The Labute approximate surface area is 201 Å². The van der Waals surface area contributed by atoms with Crippen LogP contribution >= 0.6 is 0 Å². The smallest absolute Gasteiger partial charge is 0.271 e. The van der Waals surface area contributed by atoms with Crippen molar-refractivity contribution in [2.24, 2.45) is 4.99 Å². The number of nitro benzene ring substituents is 1. The van der Waals surface area contributed by atoms with E-state index in [1.807, 2.05) is 0 Å². The van der Waals surface area contributed by atoms with Crippen molar-refractivity contribution in [1.29, 1.82) is 0 Å². The van der Waals surface area contributed by atoms with Gasteiger partial charge in [0.15, 0.2) is 11.6 Å². The van der Waals surface area contributed by atoms with Gasteiger partial charge in [0, 0.05) is 61.1 Å². The number of hydrogen-bond donors (Lipinski definition) is 1. The molecule has 0 spiro atoms. The number of nitrogens with zero attached hydrogens (tertiary/aromatic N) is 4. The van der Waals surface area contributed by atoms with Crippen LogP contribution in [-0.4, -0.2) is 48.8 Å². The highest BCUT2D eigenvalue weighted by Gasteiger charge is 2.25. The van der Waals surface area contributed by atoms with Gasteiger partial charge >= 0.3 is 0 Å². The van der Waals surface area contributed by atoms with Gasteiger partial charge in [0.1, 0.15) is 0 Å². The number of methoxy groups -OCH3 is 1. The van der Waals surface area contributed by atoms with Gasteiger partial charge in [0.2, 0.25) is 0 Å². The van der Waals surface area contributed by atoms with Gasteiger partial charge in [-0.1, -0.05) is 0 Å². The van der Waals surface area contributed by atoms with E-state index in [2.05, 4.69) is 15.3 Å². The average molecular weight is 477 g/mol. The molecule has 1 atom stereocenters. The molecule has 2 aromatic carbocycles. The molecule has 3 aromatic rings. The number of benzene rings is 2. The van der Waals surface area contributed by atoms with E-state index in [-0.39, 0.29) is 28.7 Å². The van der Waals surface area contributed by atoms with E-state index in [0.717, 1.165) is 19.4 Å². The maximum atomic E-state index is 14.3. The first-order chi connectivity index (χ1) is 16.9. The molecule has 1 fully saturated rings. The van der Waals surface area contributed by atoms with Gasteiger partial charge in [-0.15, -0.1) is 0 Å². The molecule has 1 N–H and O–H groups in total. The van der Waals surface area contributed by atoms with Crippen LogP contribution in [0.1, 0.15) is 23.2 Å². The highest BCUT2D eigenvalue weighted by Crippen LogP contribution is 2.38. The van der Waals surface area contributed by atoms with Crippen molar-refractivity contribution in [2.75, 3.05) is 25.6 Å². The minimum Gasteiger partial charge on any atom is -0.494 e. The number of non-ortho nitro benzene ring substituents is 1. The van der Waals surface area contributed by atoms with Crippen molar-refractivity contribution in [3.05, 3.63) is 76.4 Å². The normalized spacial score (nSPS) is 15.3. The van der Waals surface area contributed by atoms with E-state index in [0.29, 0.717) is 16.8 Å². The molecular weight excluding hydrogens is 453 g/mol. The number of aromatic nitrogens is 1. The fourth-order valence-electron chi connectivity index (χ4n) is 3.94. The summed E-state index contributed by atoms with van der Waals surface area (Å²) in [5, 5.41) is 15.1. The summed E-state index contributed by atoms with van der Waals surface area (Å²) in [6.07, 6.45) is 6.76. The zero-order chi connectivity index (χ0) is 24.9. The minimum absolute atomic E-state index is 0.0268. The molecule has 9 nitrogen and oxygen atoms in total. The molecular formula is C25H24FN5O4. The predicted octanol–water partition coefficient (Wildman–Crippen LogP) is 4.54. The van der Waals surface area contributed by atoms with Gasteiger partial charge in [-0.2, -0.15) is 0 Å². The second-order valence-electron chi connectivity index (χ2n) is 8.05. The molecule has 1 aromatic heterocycles. The maximum absolute atomic E-state index is 14.3. The van der Waals surface area contributed by atoms with Crippen LogP contribution < -0.4 is 15.0 Å². The molecule has 0 aliphatic carbocycles. The number of nitro groups is 1. The van der Waals surface area contributed by atoms with Gasteiger partial charge in [-0.3, -0.25) is 24.9 Å². The van der Waals surface area contributed by atoms with Crippen LogP contribution in [0.25, 0.3) is 11.1 Å². The third-order valence-electron chi connectivity index (χ3n) is 5.84. The van der Waals surface area contributed by atoms with Crippen LogP contribution in [0.3, 0.4) is 0 Å². The third-order valence-corrected chi connectivity index (χ3v) is 5.84. The number of carbonyl (C=O) groups is 1. The molecule has 35 heavy (non-hydrogen) atoms. The molecule has 1 amide bonds. The van der Waals surface area contributed by atoms with Crippen molar-refractivity contribution >= 4 is 29.2 Å². The molecule has 180 valence electrons. The molecule has 2 heterocycles. The van der Waals surface area contributed by atoms with E-state index in [9.17, 15) is 19.3 Å². The molecule has 1 aliphatic heterocycles. The van der Waals surface area contributed by atoms with Crippen molar-refractivity contribution < 1.29 is 18.8 Å². The van der Waals surface area contributed by atoms with Gasteiger partial charge in [0.25, 0.3) is 11.6 Å². The topological polar surface area (TPSA) is 110 Å². The third kappa shape index (κ3) is 5.17. The molecule has 0 saturated carbocycles. The van der Waals surface area contributed by atoms with Crippen LogP contribution in [0, 0.1) is 15.9 Å².